The van der Waals surface area contributed by atoms with Gasteiger partial charge >= 0.3 is 0 Å². The van der Waals surface area contributed by atoms with Crippen molar-refractivity contribution in [3.63, 3.8) is 0 Å². The lowest BCUT2D eigenvalue weighted by atomic mass is 10.2. The van der Waals surface area contributed by atoms with Gasteiger partial charge in [0.25, 0.3) is 5.56 Å². The Hall–Kier alpha value is -1.95. The van der Waals surface area contributed by atoms with Gasteiger partial charge in [-0.2, -0.15) is 5.10 Å². The van der Waals surface area contributed by atoms with Gasteiger partial charge in [-0.1, -0.05) is 19.4 Å². The topological polar surface area (TPSA) is 64.0 Å². The lowest BCUT2D eigenvalue weighted by molar-refractivity contribution is -0.121. The van der Waals surface area contributed by atoms with Crippen LogP contribution in [0.5, 0.6) is 0 Å². The zero-order valence-electron chi connectivity index (χ0n) is 12.7. The summed E-state index contributed by atoms with van der Waals surface area (Å²) in [6, 6.07) is 7.20. The first kappa shape index (κ1) is 16.4. The van der Waals surface area contributed by atoms with Crippen molar-refractivity contribution in [1.29, 1.82) is 0 Å². The van der Waals surface area contributed by atoms with Crippen LogP contribution >= 0.6 is 11.3 Å². The molecule has 2 rings (SSSR count). The van der Waals surface area contributed by atoms with Crippen molar-refractivity contribution in [3.8, 4) is 10.6 Å². The molecule has 6 heteroatoms. The van der Waals surface area contributed by atoms with E-state index in [0.29, 0.717) is 19.4 Å². The van der Waals surface area contributed by atoms with E-state index in [1.165, 1.54) is 10.7 Å². The maximum absolute atomic E-state index is 11.8. The van der Waals surface area contributed by atoms with Crippen LogP contribution in [0, 0.1) is 0 Å². The van der Waals surface area contributed by atoms with Crippen LogP contribution in [0.25, 0.3) is 10.6 Å². The standard InChI is InChI=1S/C16H21N3O2S/c1-2-3-10-17-15(20)7-4-11-19-16(21)9-8-13(18-19)14-6-5-12-22-14/h5-6,8-9,12H,2-4,7,10-11H2,1H3,(H,17,20). The first-order valence-corrected chi connectivity index (χ1v) is 8.47. The van der Waals surface area contributed by atoms with Gasteiger partial charge in [-0.05, 0) is 30.4 Å². The first-order chi connectivity index (χ1) is 10.7. The van der Waals surface area contributed by atoms with Crippen molar-refractivity contribution in [1.82, 2.24) is 15.1 Å². The predicted octanol–water partition coefficient (Wildman–Crippen LogP) is 2.67. The molecule has 22 heavy (non-hydrogen) atoms. The number of thiophene rings is 1. The highest BCUT2D eigenvalue weighted by atomic mass is 32.1. The molecule has 0 saturated heterocycles. The van der Waals surface area contributed by atoms with Crippen molar-refractivity contribution in [2.24, 2.45) is 0 Å². The number of nitrogens with one attached hydrogen (secondary N) is 1. The van der Waals surface area contributed by atoms with Gasteiger partial charge < -0.3 is 5.32 Å². The number of aromatic nitrogens is 2. The Kier molecular flexibility index (Phi) is 6.33. The lowest BCUT2D eigenvalue weighted by Crippen LogP contribution is -2.26. The van der Waals surface area contributed by atoms with Gasteiger partial charge in [0, 0.05) is 25.6 Å². The van der Waals surface area contributed by atoms with Gasteiger partial charge in [0.05, 0.1) is 4.88 Å². The molecule has 0 fully saturated rings. The van der Waals surface area contributed by atoms with Crippen molar-refractivity contribution < 1.29 is 4.79 Å². The molecule has 5 nitrogen and oxygen atoms in total. The Morgan fingerprint density at radius 3 is 2.91 bits per heavy atom. The minimum absolute atomic E-state index is 0.0379. The molecule has 118 valence electrons. The average Bonchev–Trinajstić information content (AvgIpc) is 3.04. The van der Waals surface area contributed by atoms with Gasteiger partial charge in [0.2, 0.25) is 5.91 Å². The summed E-state index contributed by atoms with van der Waals surface area (Å²) < 4.78 is 1.44. The smallest absolute Gasteiger partial charge is 0.266 e. The van der Waals surface area contributed by atoms with Crippen LogP contribution in [0.2, 0.25) is 0 Å². The number of carbonyl (C=O) groups excluding carboxylic acids is 1. The van der Waals surface area contributed by atoms with E-state index in [4.69, 9.17) is 0 Å². The number of rotatable bonds is 8. The van der Waals surface area contributed by atoms with Crippen LogP contribution < -0.4 is 10.9 Å². The second kappa shape index (κ2) is 8.48. The fourth-order valence-corrected chi connectivity index (χ4v) is 2.74. The van der Waals surface area contributed by atoms with Crippen molar-refractivity contribution in [3.05, 3.63) is 40.0 Å². The van der Waals surface area contributed by atoms with Crippen LogP contribution in [0.4, 0.5) is 0 Å². The Labute approximate surface area is 134 Å². The van der Waals surface area contributed by atoms with E-state index in [1.807, 2.05) is 17.5 Å². The number of carbonyl (C=O) groups is 1. The lowest BCUT2D eigenvalue weighted by Gasteiger charge is -2.07. The number of nitrogens with zero attached hydrogens (tertiary/aromatic N) is 2. The molecule has 0 aromatic carbocycles. The van der Waals surface area contributed by atoms with E-state index in [2.05, 4.69) is 17.3 Å². The molecule has 0 aliphatic carbocycles. The minimum Gasteiger partial charge on any atom is -0.356 e. The zero-order valence-corrected chi connectivity index (χ0v) is 13.6. The summed E-state index contributed by atoms with van der Waals surface area (Å²) in [5, 5.41) is 9.22. The Morgan fingerprint density at radius 1 is 1.32 bits per heavy atom. The van der Waals surface area contributed by atoms with Crippen LogP contribution in [0.3, 0.4) is 0 Å². The monoisotopic (exact) mass is 319 g/mol. The SMILES string of the molecule is CCCCNC(=O)CCCn1nc(-c2cccs2)ccc1=O. The average molecular weight is 319 g/mol. The summed E-state index contributed by atoms with van der Waals surface area (Å²) in [4.78, 5) is 24.5. The number of amides is 1. The maximum atomic E-state index is 11.8. The molecule has 2 aromatic rings. The van der Waals surface area contributed by atoms with Crippen molar-refractivity contribution >= 4 is 17.2 Å². The molecule has 0 atom stereocenters. The second-order valence-electron chi connectivity index (χ2n) is 5.06. The van der Waals surface area contributed by atoms with Gasteiger partial charge in [0.1, 0.15) is 5.69 Å². The summed E-state index contributed by atoms with van der Waals surface area (Å²) in [5.74, 6) is 0.0379. The molecule has 0 saturated carbocycles. The summed E-state index contributed by atoms with van der Waals surface area (Å²) >= 11 is 1.59. The highest BCUT2D eigenvalue weighted by molar-refractivity contribution is 7.13. The quantitative estimate of drug-likeness (QED) is 0.761. The molecule has 0 aliphatic heterocycles. The molecule has 1 amide bonds. The van der Waals surface area contributed by atoms with Crippen LogP contribution in [-0.2, 0) is 11.3 Å². The van der Waals surface area contributed by atoms with Gasteiger partial charge in [-0.3, -0.25) is 9.59 Å². The minimum atomic E-state index is -0.133. The molecular formula is C16H21N3O2S. The zero-order chi connectivity index (χ0) is 15.8. The van der Waals surface area contributed by atoms with E-state index in [-0.39, 0.29) is 11.5 Å². The van der Waals surface area contributed by atoms with E-state index >= 15 is 0 Å². The molecular weight excluding hydrogens is 298 g/mol. The molecule has 0 radical (unpaired) electrons. The predicted molar refractivity (Wildman–Crippen MR) is 89.0 cm³/mol. The van der Waals surface area contributed by atoms with Crippen LogP contribution in [0.1, 0.15) is 32.6 Å². The van der Waals surface area contributed by atoms with Crippen molar-refractivity contribution in [2.75, 3.05) is 6.54 Å². The largest absolute Gasteiger partial charge is 0.356 e. The van der Waals surface area contributed by atoms with Crippen LogP contribution in [0.15, 0.2) is 34.4 Å². The highest BCUT2D eigenvalue weighted by Crippen LogP contribution is 2.21. The van der Waals surface area contributed by atoms with E-state index < -0.39 is 0 Å². The molecule has 0 unspecified atom stereocenters. The molecule has 1 N–H and O–H groups in total. The van der Waals surface area contributed by atoms with Gasteiger partial charge in [-0.25, -0.2) is 4.68 Å². The third-order valence-corrected chi connectivity index (χ3v) is 4.16. The molecule has 0 aliphatic rings. The second-order valence-corrected chi connectivity index (χ2v) is 6.01. The van der Waals surface area contributed by atoms with E-state index in [9.17, 15) is 9.59 Å². The summed E-state index contributed by atoms with van der Waals surface area (Å²) in [7, 11) is 0. The van der Waals surface area contributed by atoms with Gasteiger partial charge in [-0.15, -0.1) is 11.3 Å². The van der Waals surface area contributed by atoms with Crippen molar-refractivity contribution in [2.45, 2.75) is 39.2 Å². The van der Waals surface area contributed by atoms with Gasteiger partial charge in [0.15, 0.2) is 0 Å². The first-order valence-electron chi connectivity index (χ1n) is 7.59. The number of aryl methyl sites for hydroxylation is 1. The number of unbranched alkanes of at least 4 members (excludes halogenated alkanes) is 1. The van der Waals surface area contributed by atoms with E-state index in [1.54, 1.807) is 17.4 Å². The Balaban J connectivity index is 1.89. The third-order valence-electron chi connectivity index (χ3n) is 3.27. The molecule has 2 heterocycles. The fraction of sp³-hybridized carbons (Fsp3) is 0.438. The molecule has 0 bridgehead atoms. The normalized spacial score (nSPS) is 10.6. The number of hydrogen-bond acceptors (Lipinski definition) is 4. The maximum Gasteiger partial charge on any atom is 0.266 e. The molecule has 2 aromatic heterocycles. The fourth-order valence-electron chi connectivity index (χ4n) is 2.05. The summed E-state index contributed by atoms with van der Waals surface area (Å²) in [6.07, 6.45) is 3.09. The van der Waals surface area contributed by atoms with E-state index in [0.717, 1.165) is 30.0 Å². The Bertz CT molecular complexity index is 650. The summed E-state index contributed by atoms with van der Waals surface area (Å²) in [6.45, 7) is 3.27. The number of hydrogen-bond donors (Lipinski definition) is 1. The highest BCUT2D eigenvalue weighted by Gasteiger charge is 2.05. The van der Waals surface area contributed by atoms with Crippen LogP contribution in [-0.4, -0.2) is 22.2 Å². The summed E-state index contributed by atoms with van der Waals surface area (Å²) in [5.41, 5.74) is 0.661. The Morgan fingerprint density at radius 2 is 2.18 bits per heavy atom. The third kappa shape index (κ3) is 4.80. The molecule has 0 spiro atoms.